The standard InChI is InChI=1S/C30H32O8/c1-2-13-35-26-8-3-23(4-9-26)24-5-10-27(11-6-24)38-30(31)25-7-12-28-29(22-25)37-21-19-34-17-15-32-14-16-33-18-20-36-28/h2-12,22H,1,13-21H2. The first kappa shape index (κ1) is 27.2. The topological polar surface area (TPSA) is 81.7 Å². The molecule has 38 heavy (non-hydrogen) atoms. The Balaban J connectivity index is 1.39. The SMILES string of the molecule is C=CCOc1ccc(-c2ccc(OC(=O)c3ccc4c(c3)OCCOCCOCCOCCO4)cc2)cc1. The van der Waals surface area contributed by atoms with Gasteiger partial charge in [0.2, 0.25) is 0 Å². The maximum atomic E-state index is 12.9. The summed E-state index contributed by atoms with van der Waals surface area (Å²) in [4.78, 5) is 12.9. The predicted octanol–water partition coefficient (Wildman–Crippen LogP) is 4.96. The Kier molecular flexibility index (Phi) is 10.6. The Morgan fingerprint density at radius 2 is 1.21 bits per heavy atom. The summed E-state index contributed by atoms with van der Waals surface area (Å²) < 4.78 is 39.2. The quantitative estimate of drug-likeness (QED) is 0.256. The van der Waals surface area contributed by atoms with Crippen LogP contribution in [-0.2, 0) is 14.2 Å². The number of carbonyl (C=O) groups is 1. The molecular formula is C30H32O8. The molecule has 0 bridgehead atoms. The monoisotopic (exact) mass is 520 g/mol. The zero-order valence-electron chi connectivity index (χ0n) is 21.3. The van der Waals surface area contributed by atoms with Gasteiger partial charge in [-0.05, 0) is 53.6 Å². The number of fused-ring (bicyclic) bond motifs is 1. The second-order valence-electron chi connectivity index (χ2n) is 8.23. The maximum absolute atomic E-state index is 12.9. The summed E-state index contributed by atoms with van der Waals surface area (Å²) in [5.41, 5.74) is 2.36. The van der Waals surface area contributed by atoms with Crippen molar-refractivity contribution in [2.75, 3.05) is 59.5 Å². The van der Waals surface area contributed by atoms with Gasteiger partial charge >= 0.3 is 5.97 Å². The van der Waals surface area contributed by atoms with E-state index in [1.54, 1.807) is 36.4 Å². The van der Waals surface area contributed by atoms with Crippen LogP contribution in [0.15, 0.2) is 79.4 Å². The van der Waals surface area contributed by atoms with Gasteiger partial charge in [-0.25, -0.2) is 4.79 Å². The summed E-state index contributed by atoms with van der Waals surface area (Å²) in [6, 6.07) is 20.0. The highest BCUT2D eigenvalue weighted by molar-refractivity contribution is 5.92. The van der Waals surface area contributed by atoms with Crippen molar-refractivity contribution in [3.05, 3.63) is 84.9 Å². The van der Waals surface area contributed by atoms with Crippen molar-refractivity contribution in [2.24, 2.45) is 0 Å². The van der Waals surface area contributed by atoms with Gasteiger partial charge in [-0.15, -0.1) is 0 Å². The third-order valence-electron chi connectivity index (χ3n) is 5.51. The summed E-state index contributed by atoms with van der Waals surface area (Å²) >= 11 is 0. The molecule has 1 heterocycles. The van der Waals surface area contributed by atoms with Gasteiger partial charge in [0.1, 0.15) is 31.3 Å². The molecular weight excluding hydrogens is 488 g/mol. The molecule has 8 nitrogen and oxygen atoms in total. The Hall–Kier alpha value is -3.85. The molecule has 3 aromatic rings. The molecule has 0 atom stereocenters. The van der Waals surface area contributed by atoms with E-state index in [9.17, 15) is 4.79 Å². The second kappa shape index (κ2) is 14.8. The zero-order chi connectivity index (χ0) is 26.4. The van der Waals surface area contributed by atoms with Crippen molar-refractivity contribution in [3.8, 4) is 34.1 Å². The first-order valence-corrected chi connectivity index (χ1v) is 12.5. The van der Waals surface area contributed by atoms with Crippen LogP contribution in [0.25, 0.3) is 11.1 Å². The van der Waals surface area contributed by atoms with E-state index in [2.05, 4.69) is 6.58 Å². The lowest BCUT2D eigenvalue weighted by Crippen LogP contribution is -2.13. The number of carbonyl (C=O) groups excluding carboxylic acids is 1. The van der Waals surface area contributed by atoms with Crippen LogP contribution in [0, 0.1) is 0 Å². The lowest BCUT2D eigenvalue weighted by atomic mass is 10.1. The number of rotatable bonds is 6. The van der Waals surface area contributed by atoms with Crippen LogP contribution >= 0.6 is 0 Å². The fraction of sp³-hybridized carbons (Fsp3) is 0.300. The average Bonchev–Trinajstić information content (AvgIpc) is 2.96. The number of hydrogen-bond donors (Lipinski definition) is 0. The average molecular weight is 521 g/mol. The lowest BCUT2D eigenvalue weighted by Gasteiger charge is -2.14. The fourth-order valence-corrected chi connectivity index (χ4v) is 3.61. The third-order valence-corrected chi connectivity index (χ3v) is 5.51. The molecule has 1 aliphatic rings. The maximum Gasteiger partial charge on any atom is 0.343 e. The van der Waals surface area contributed by atoms with Crippen LogP contribution in [0.2, 0.25) is 0 Å². The molecule has 0 saturated heterocycles. The van der Waals surface area contributed by atoms with E-state index in [-0.39, 0.29) is 0 Å². The fourth-order valence-electron chi connectivity index (χ4n) is 3.61. The highest BCUT2D eigenvalue weighted by Gasteiger charge is 2.15. The van der Waals surface area contributed by atoms with Gasteiger partial charge in [-0.2, -0.15) is 0 Å². The molecule has 0 spiro atoms. The zero-order valence-corrected chi connectivity index (χ0v) is 21.3. The molecule has 0 saturated carbocycles. The molecule has 0 fully saturated rings. The third kappa shape index (κ3) is 8.34. The van der Waals surface area contributed by atoms with Gasteiger partial charge in [0, 0.05) is 0 Å². The Morgan fingerprint density at radius 1 is 0.684 bits per heavy atom. The van der Waals surface area contributed by atoms with Gasteiger partial charge in [-0.3, -0.25) is 0 Å². The van der Waals surface area contributed by atoms with Crippen molar-refractivity contribution in [3.63, 3.8) is 0 Å². The van der Waals surface area contributed by atoms with Crippen LogP contribution in [-0.4, -0.2) is 65.4 Å². The minimum absolute atomic E-state index is 0.300. The number of hydrogen-bond acceptors (Lipinski definition) is 8. The highest BCUT2D eigenvalue weighted by atomic mass is 16.6. The van der Waals surface area contributed by atoms with E-state index in [1.165, 1.54) is 0 Å². The molecule has 0 aliphatic carbocycles. The Labute approximate surface area is 222 Å². The Morgan fingerprint density at radius 3 is 1.79 bits per heavy atom. The van der Waals surface area contributed by atoms with Crippen LogP contribution in [0.3, 0.4) is 0 Å². The number of esters is 1. The van der Waals surface area contributed by atoms with E-state index in [0.29, 0.717) is 82.3 Å². The first-order valence-electron chi connectivity index (χ1n) is 12.5. The molecule has 4 rings (SSSR count). The van der Waals surface area contributed by atoms with Gasteiger partial charge in [0.05, 0.1) is 45.2 Å². The summed E-state index contributed by atoms with van der Waals surface area (Å²) in [5.74, 6) is 1.66. The molecule has 0 unspecified atom stereocenters. The van der Waals surface area contributed by atoms with Crippen LogP contribution < -0.4 is 18.9 Å². The smallest absolute Gasteiger partial charge is 0.343 e. The van der Waals surface area contributed by atoms with E-state index < -0.39 is 5.97 Å². The van der Waals surface area contributed by atoms with Crippen molar-refractivity contribution >= 4 is 5.97 Å². The van der Waals surface area contributed by atoms with E-state index >= 15 is 0 Å². The lowest BCUT2D eigenvalue weighted by molar-refractivity contribution is 0.00708. The predicted molar refractivity (Wildman–Crippen MR) is 142 cm³/mol. The molecule has 0 N–H and O–H groups in total. The van der Waals surface area contributed by atoms with Crippen molar-refractivity contribution in [1.29, 1.82) is 0 Å². The second-order valence-corrected chi connectivity index (χ2v) is 8.23. The largest absolute Gasteiger partial charge is 0.490 e. The van der Waals surface area contributed by atoms with Gasteiger partial charge in [-0.1, -0.05) is 36.9 Å². The molecule has 200 valence electrons. The van der Waals surface area contributed by atoms with Gasteiger partial charge < -0.3 is 33.2 Å². The van der Waals surface area contributed by atoms with Crippen LogP contribution in [0.5, 0.6) is 23.0 Å². The van der Waals surface area contributed by atoms with Gasteiger partial charge in [0.25, 0.3) is 0 Å². The van der Waals surface area contributed by atoms with E-state index in [0.717, 1.165) is 16.9 Å². The molecule has 8 heteroatoms. The minimum atomic E-state index is -0.500. The van der Waals surface area contributed by atoms with Crippen molar-refractivity contribution in [1.82, 2.24) is 0 Å². The summed E-state index contributed by atoms with van der Waals surface area (Å²) in [6.07, 6.45) is 1.70. The molecule has 0 amide bonds. The highest BCUT2D eigenvalue weighted by Crippen LogP contribution is 2.30. The van der Waals surface area contributed by atoms with Crippen molar-refractivity contribution in [2.45, 2.75) is 0 Å². The summed E-state index contributed by atoms with van der Waals surface area (Å²) in [6.45, 7) is 7.48. The molecule has 1 aliphatic heterocycles. The first-order chi connectivity index (χ1) is 18.7. The number of ether oxygens (including phenoxy) is 7. The molecule has 0 aromatic heterocycles. The van der Waals surface area contributed by atoms with Crippen LogP contribution in [0.4, 0.5) is 0 Å². The van der Waals surface area contributed by atoms with Gasteiger partial charge in [0.15, 0.2) is 11.5 Å². The molecule has 3 aromatic carbocycles. The van der Waals surface area contributed by atoms with E-state index in [1.807, 2.05) is 36.4 Å². The van der Waals surface area contributed by atoms with Crippen molar-refractivity contribution < 1.29 is 38.0 Å². The van der Waals surface area contributed by atoms with E-state index in [4.69, 9.17) is 33.2 Å². The summed E-state index contributed by atoms with van der Waals surface area (Å²) in [5, 5.41) is 0. The normalized spacial score (nSPS) is 14.9. The minimum Gasteiger partial charge on any atom is -0.490 e. The summed E-state index contributed by atoms with van der Waals surface area (Å²) in [7, 11) is 0. The Bertz CT molecular complexity index is 1160. The molecule has 0 radical (unpaired) electrons. The van der Waals surface area contributed by atoms with Crippen LogP contribution in [0.1, 0.15) is 10.4 Å². The number of benzene rings is 3.